The van der Waals surface area contributed by atoms with E-state index in [9.17, 15) is 9.59 Å². The number of hydrogen-bond acceptors (Lipinski definition) is 6. The predicted molar refractivity (Wildman–Crippen MR) is 145 cm³/mol. The van der Waals surface area contributed by atoms with E-state index in [1.165, 1.54) is 4.68 Å². The number of anilines is 1. The highest BCUT2D eigenvalue weighted by atomic mass is 16.5. The van der Waals surface area contributed by atoms with E-state index in [2.05, 4.69) is 15.7 Å². The Bertz CT molecular complexity index is 1440. The second-order valence-corrected chi connectivity index (χ2v) is 8.89. The maximum absolute atomic E-state index is 13.2. The third kappa shape index (κ3) is 6.35. The van der Waals surface area contributed by atoms with Crippen LogP contribution in [0.5, 0.6) is 11.5 Å². The fraction of sp³-hybridized carbons (Fsp3) is 0.207. The molecule has 0 aliphatic rings. The van der Waals surface area contributed by atoms with E-state index in [1.54, 1.807) is 12.3 Å². The Morgan fingerprint density at radius 1 is 0.946 bits per heavy atom. The molecule has 37 heavy (non-hydrogen) atoms. The largest absolute Gasteiger partial charge is 0.457 e. The molecule has 1 amide bonds. The fourth-order valence-electron chi connectivity index (χ4n) is 4.11. The quantitative estimate of drug-likeness (QED) is 0.320. The number of pyridine rings is 2. The minimum atomic E-state index is -0.266. The van der Waals surface area contributed by atoms with E-state index in [0.717, 1.165) is 33.7 Å². The highest BCUT2D eigenvalue weighted by Gasteiger charge is 2.14. The number of para-hydroxylation sites is 2. The van der Waals surface area contributed by atoms with E-state index >= 15 is 0 Å². The normalized spacial score (nSPS) is 10.7. The number of nitrogens with two attached hydrogens (primary N) is 1. The lowest BCUT2D eigenvalue weighted by Gasteiger charge is -2.15. The molecule has 0 saturated carbocycles. The Hall–Kier alpha value is -4.59. The SMILES string of the molecule is Cc1cc(N)nc(C)c1CNC(=O)Cc1c(C)ccn(NCc2ccccc2Oc2ccccc2)c1=O. The van der Waals surface area contributed by atoms with Crippen molar-refractivity contribution < 1.29 is 9.53 Å². The Labute approximate surface area is 216 Å². The third-order valence-corrected chi connectivity index (χ3v) is 6.18. The van der Waals surface area contributed by atoms with Crippen LogP contribution in [0.3, 0.4) is 0 Å². The van der Waals surface area contributed by atoms with Gasteiger partial charge in [-0.1, -0.05) is 36.4 Å². The summed E-state index contributed by atoms with van der Waals surface area (Å²) in [5, 5.41) is 2.91. The number of nitrogen functional groups attached to an aromatic ring is 1. The molecule has 2 aromatic heterocycles. The molecule has 2 aromatic carbocycles. The third-order valence-electron chi connectivity index (χ3n) is 6.18. The molecule has 0 aliphatic heterocycles. The van der Waals surface area contributed by atoms with E-state index < -0.39 is 0 Å². The molecule has 0 bridgehead atoms. The maximum Gasteiger partial charge on any atom is 0.272 e. The zero-order chi connectivity index (χ0) is 26.4. The lowest BCUT2D eigenvalue weighted by molar-refractivity contribution is -0.120. The summed E-state index contributed by atoms with van der Waals surface area (Å²) in [5.41, 5.74) is 13.4. The first-order chi connectivity index (χ1) is 17.8. The van der Waals surface area contributed by atoms with Gasteiger partial charge in [0.2, 0.25) is 5.91 Å². The van der Waals surface area contributed by atoms with Gasteiger partial charge in [0.05, 0.1) is 13.0 Å². The van der Waals surface area contributed by atoms with Crippen LogP contribution in [0.1, 0.15) is 33.5 Å². The van der Waals surface area contributed by atoms with Crippen molar-refractivity contribution in [3.05, 3.63) is 117 Å². The lowest BCUT2D eigenvalue weighted by atomic mass is 10.1. The van der Waals surface area contributed by atoms with Crippen LogP contribution >= 0.6 is 0 Å². The summed E-state index contributed by atoms with van der Waals surface area (Å²) >= 11 is 0. The summed E-state index contributed by atoms with van der Waals surface area (Å²) in [7, 11) is 0. The van der Waals surface area contributed by atoms with E-state index in [0.29, 0.717) is 30.2 Å². The van der Waals surface area contributed by atoms with Crippen LogP contribution in [0.2, 0.25) is 0 Å². The standard InChI is InChI=1S/C29H31N5O3/c1-19-13-14-34(32-17-22-9-7-8-12-26(22)37-23-10-5-4-6-11-23)29(36)24(19)16-28(35)31-18-25-20(2)15-27(30)33-21(25)3/h4-15,32H,16-18H2,1-3H3,(H2,30,33)(H,31,35). The van der Waals surface area contributed by atoms with Crippen molar-refractivity contribution >= 4 is 11.7 Å². The van der Waals surface area contributed by atoms with Crippen molar-refractivity contribution in [3.8, 4) is 11.5 Å². The number of carbonyl (C=O) groups excluding carboxylic acids is 1. The van der Waals surface area contributed by atoms with Crippen LogP contribution in [0.15, 0.2) is 77.7 Å². The number of amides is 1. The van der Waals surface area contributed by atoms with Gasteiger partial charge >= 0.3 is 0 Å². The maximum atomic E-state index is 13.2. The number of nitrogens with one attached hydrogen (secondary N) is 2. The number of nitrogens with zero attached hydrogens (tertiary/aromatic N) is 2. The van der Waals surface area contributed by atoms with Crippen LogP contribution in [-0.4, -0.2) is 15.6 Å². The van der Waals surface area contributed by atoms with Crippen LogP contribution in [-0.2, 0) is 24.3 Å². The molecular weight excluding hydrogens is 466 g/mol. The van der Waals surface area contributed by atoms with Gasteiger partial charge in [-0.05, 0) is 67.8 Å². The second kappa shape index (κ2) is 11.4. The number of benzene rings is 2. The van der Waals surface area contributed by atoms with Gasteiger partial charge in [0.25, 0.3) is 5.56 Å². The van der Waals surface area contributed by atoms with Gasteiger partial charge in [-0.3, -0.25) is 9.59 Å². The second-order valence-electron chi connectivity index (χ2n) is 8.89. The van der Waals surface area contributed by atoms with Crippen molar-refractivity contribution in [2.45, 2.75) is 40.3 Å². The topological polar surface area (TPSA) is 111 Å². The van der Waals surface area contributed by atoms with Gasteiger partial charge in [0, 0.05) is 29.6 Å². The molecule has 0 unspecified atom stereocenters. The molecule has 4 N–H and O–H groups in total. The summed E-state index contributed by atoms with van der Waals surface area (Å²) in [6, 6.07) is 20.8. The first-order valence-electron chi connectivity index (χ1n) is 12.1. The Morgan fingerprint density at radius 3 is 2.43 bits per heavy atom. The van der Waals surface area contributed by atoms with E-state index in [4.69, 9.17) is 10.5 Å². The van der Waals surface area contributed by atoms with Crippen molar-refractivity contribution in [3.63, 3.8) is 0 Å². The summed E-state index contributed by atoms with van der Waals surface area (Å²) in [6.07, 6.45) is 1.65. The van der Waals surface area contributed by atoms with E-state index in [-0.39, 0.29) is 17.9 Å². The highest BCUT2D eigenvalue weighted by Crippen LogP contribution is 2.25. The van der Waals surface area contributed by atoms with Crippen molar-refractivity contribution in [1.82, 2.24) is 15.0 Å². The van der Waals surface area contributed by atoms with Crippen molar-refractivity contribution in [1.29, 1.82) is 0 Å². The Morgan fingerprint density at radius 2 is 1.68 bits per heavy atom. The zero-order valence-electron chi connectivity index (χ0n) is 21.2. The summed E-state index contributed by atoms with van der Waals surface area (Å²) in [5.74, 6) is 1.64. The highest BCUT2D eigenvalue weighted by molar-refractivity contribution is 5.78. The number of hydrogen-bond donors (Lipinski definition) is 3. The number of aromatic nitrogens is 2. The predicted octanol–water partition coefficient (Wildman–Crippen LogP) is 4.15. The number of aryl methyl sites for hydroxylation is 3. The average Bonchev–Trinajstić information content (AvgIpc) is 2.87. The van der Waals surface area contributed by atoms with Gasteiger partial charge < -0.3 is 21.2 Å². The van der Waals surface area contributed by atoms with Gasteiger partial charge in [-0.25, -0.2) is 9.66 Å². The Kier molecular flexibility index (Phi) is 7.88. The monoisotopic (exact) mass is 497 g/mol. The molecule has 0 atom stereocenters. The molecule has 0 spiro atoms. The van der Waals surface area contributed by atoms with E-state index in [1.807, 2.05) is 81.4 Å². The van der Waals surface area contributed by atoms with Gasteiger partial charge in [0.15, 0.2) is 0 Å². The van der Waals surface area contributed by atoms with Gasteiger partial charge in [-0.15, -0.1) is 0 Å². The average molecular weight is 498 g/mol. The molecule has 2 heterocycles. The van der Waals surface area contributed by atoms with Gasteiger partial charge in [-0.2, -0.15) is 0 Å². The molecule has 0 fully saturated rings. The Balaban J connectivity index is 1.44. The molecule has 8 heteroatoms. The minimum absolute atomic E-state index is 0.0264. The summed E-state index contributed by atoms with van der Waals surface area (Å²) in [6.45, 7) is 6.30. The van der Waals surface area contributed by atoms with Crippen LogP contribution in [0.25, 0.3) is 0 Å². The van der Waals surface area contributed by atoms with Crippen molar-refractivity contribution in [2.75, 3.05) is 11.2 Å². The van der Waals surface area contributed by atoms with Gasteiger partial charge in [0.1, 0.15) is 17.3 Å². The summed E-state index contributed by atoms with van der Waals surface area (Å²) in [4.78, 5) is 30.2. The van der Waals surface area contributed by atoms with Crippen LogP contribution in [0, 0.1) is 20.8 Å². The minimum Gasteiger partial charge on any atom is -0.457 e. The molecule has 4 rings (SSSR count). The van der Waals surface area contributed by atoms with Crippen molar-refractivity contribution in [2.24, 2.45) is 0 Å². The molecule has 0 saturated heterocycles. The fourth-order valence-corrected chi connectivity index (χ4v) is 4.11. The zero-order valence-corrected chi connectivity index (χ0v) is 21.2. The number of ether oxygens (including phenoxy) is 1. The summed E-state index contributed by atoms with van der Waals surface area (Å²) < 4.78 is 7.43. The lowest BCUT2D eigenvalue weighted by Crippen LogP contribution is -2.34. The first-order valence-corrected chi connectivity index (χ1v) is 12.1. The molecular formula is C29H31N5O3. The number of rotatable bonds is 9. The molecule has 190 valence electrons. The molecule has 4 aromatic rings. The first kappa shape index (κ1) is 25.5. The van der Waals surface area contributed by atoms with Crippen LogP contribution < -0.4 is 26.8 Å². The molecule has 0 aliphatic carbocycles. The molecule has 0 radical (unpaired) electrons. The molecule has 8 nitrogen and oxygen atoms in total. The number of carbonyl (C=O) groups is 1. The smallest absolute Gasteiger partial charge is 0.272 e. The van der Waals surface area contributed by atoms with Crippen LogP contribution in [0.4, 0.5) is 5.82 Å².